The molecule has 0 radical (unpaired) electrons. The Morgan fingerprint density at radius 1 is 0.897 bits per heavy atom. The highest BCUT2D eigenvalue weighted by molar-refractivity contribution is 9.10. The van der Waals surface area contributed by atoms with E-state index in [1.54, 1.807) is 12.1 Å². The topological polar surface area (TPSA) is 43.4 Å². The number of alkyl halides is 1. The van der Waals surface area contributed by atoms with Crippen molar-refractivity contribution in [2.24, 2.45) is 17.3 Å². The molecule has 4 heteroatoms. The fourth-order valence-electron chi connectivity index (χ4n) is 6.28. The van der Waals surface area contributed by atoms with E-state index in [-0.39, 0.29) is 16.1 Å². The van der Waals surface area contributed by atoms with Crippen molar-refractivity contribution in [3.8, 4) is 0 Å². The Bertz CT molecular complexity index is 910. The normalized spacial score (nSPS) is 33.3. The van der Waals surface area contributed by atoms with Gasteiger partial charge in [-0.3, -0.25) is 9.59 Å². The van der Waals surface area contributed by atoms with E-state index in [0.29, 0.717) is 17.4 Å². The minimum absolute atomic E-state index is 0.0712. The van der Waals surface area contributed by atoms with Gasteiger partial charge in [-0.2, -0.15) is 0 Å². The first-order valence-corrected chi connectivity index (χ1v) is 11.3. The van der Waals surface area contributed by atoms with Crippen LogP contribution < -0.4 is 0 Å². The second kappa shape index (κ2) is 7.09. The van der Waals surface area contributed by atoms with Crippen LogP contribution in [0.3, 0.4) is 0 Å². The van der Waals surface area contributed by atoms with Crippen molar-refractivity contribution in [2.45, 2.75) is 49.0 Å². The second-order valence-corrected chi connectivity index (χ2v) is 11.0. The van der Waals surface area contributed by atoms with Gasteiger partial charge in [-0.15, -0.1) is 0 Å². The average Bonchev–Trinajstić information content (AvgIpc) is 2.71. The van der Waals surface area contributed by atoms with Crippen LogP contribution in [0, 0.1) is 17.3 Å². The van der Waals surface area contributed by atoms with Crippen molar-refractivity contribution >= 4 is 27.7 Å². The monoisotopic (exact) mass is 452 g/mol. The Balaban J connectivity index is 1.45. The summed E-state index contributed by atoms with van der Waals surface area (Å²) < 4.78 is 6.14. The summed E-state index contributed by atoms with van der Waals surface area (Å²) in [7, 11) is 0. The van der Waals surface area contributed by atoms with E-state index in [1.165, 1.54) is 6.42 Å². The molecule has 3 nitrogen and oxygen atoms in total. The number of esters is 1. The highest BCUT2D eigenvalue weighted by atomic mass is 79.9. The molecule has 2 aromatic carbocycles. The van der Waals surface area contributed by atoms with Gasteiger partial charge >= 0.3 is 5.97 Å². The predicted molar refractivity (Wildman–Crippen MR) is 115 cm³/mol. The van der Waals surface area contributed by atoms with Crippen molar-refractivity contribution < 1.29 is 14.3 Å². The third kappa shape index (κ3) is 3.46. The van der Waals surface area contributed by atoms with E-state index in [4.69, 9.17) is 4.74 Å². The lowest BCUT2D eigenvalue weighted by atomic mass is 9.49. The lowest BCUT2D eigenvalue weighted by molar-refractivity contribution is -0.173. The van der Waals surface area contributed by atoms with E-state index < -0.39 is 11.5 Å². The van der Waals surface area contributed by atoms with Crippen LogP contribution in [0.25, 0.3) is 0 Å². The molecule has 3 atom stereocenters. The summed E-state index contributed by atoms with van der Waals surface area (Å²) in [4.78, 5) is 26.8. The maximum Gasteiger partial charge on any atom is 0.313 e. The minimum atomic E-state index is -0.898. The molecule has 0 unspecified atom stereocenters. The van der Waals surface area contributed by atoms with Gasteiger partial charge in [-0.05, 0) is 50.4 Å². The van der Waals surface area contributed by atoms with E-state index in [1.807, 2.05) is 48.5 Å². The standard InChI is InChI=1S/C25H25BrO3/c26-25-14-17-11-18(15-25)13-24(12-17,16-25)23(28)29-22(20-9-5-2-6-10-20)21(27)19-7-3-1-4-8-19/h1-10,17-18,22H,11-16H2/t17-,18-,22-,24?,25?/m1/s1. The van der Waals surface area contributed by atoms with E-state index >= 15 is 0 Å². The molecule has 4 fully saturated rings. The molecule has 0 amide bonds. The second-order valence-electron chi connectivity index (χ2n) is 9.32. The molecule has 0 aliphatic heterocycles. The number of carbonyl (C=O) groups is 2. The smallest absolute Gasteiger partial charge is 0.313 e. The summed E-state index contributed by atoms with van der Waals surface area (Å²) in [5.74, 6) is 0.823. The van der Waals surface area contributed by atoms with Crippen LogP contribution in [0.5, 0.6) is 0 Å². The van der Waals surface area contributed by atoms with E-state index in [9.17, 15) is 9.59 Å². The van der Waals surface area contributed by atoms with Crippen molar-refractivity contribution in [1.82, 2.24) is 0 Å². The number of benzene rings is 2. The average molecular weight is 453 g/mol. The van der Waals surface area contributed by atoms with E-state index in [0.717, 1.165) is 37.7 Å². The zero-order valence-electron chi connectivity index (χ0n) is 16.4. The highest BCUT2D eigenvalue weighted by Gasteiger charge is 2.60. The van der Waals surface area contributed by atoms with Crippen molar-refractivity contribution in [2.75, 3.05) is 0 Å². The van der Waals surface area contributed by atoms with Crippen molar-refractivity contribution in [3.63, 3.8) is 0 Å². The molecule has 29 heavy (non-hydrogen) atoms. The van der Waals surface area contributed by atoms with Crippen LogP contribution in [0.4, 0.5) is 0 Å². The highest BCUT2D eigenvalue weighted by Crippen LogP contribution is 2.64. The van der Waals surface area contributed by atoms with Gasteiger partial charge in [-0.1, -0.05) is 76.6 Å². The largest absolute Gasteiger partial charge is 0.449 e. The molecule has 0 spiro atoms. The number of hydrogen-bond acceptors (Lipinski definition) is 3. The molecule has 6 rings (SSSR count). The Morgan fingerprint density at radius 2 is 1.48 bits per heavy atom. The molecule has 4 saturated carbocycles. The molecule has 0 aromatic heterocycles. The molecule has 150 valence electrons. The van der Waals surface area contributed by atoms with Crippen LogP contribution in [0.15, 0.2) is 60.7 Å². The summed E-state index contributed by atoms with van der Waals surface area (Å²) in [5.41, 5.74) is 0.849. The summed E-state index contributed by atoms with van der Waals surface area (Å²) >= 11 is 3.96. The minimum Gasteiger partial charge on any atom is -0.449 e. The molecule has 2 aromatic rings. The fourth-order valence-corrected chi connectivity index (χ4v) is 7.73. The number of rotatable bonds is 5. The first-order chi connectivity index (χ1) is 14.0. The molecule has 0 saturated heterocycles. The molecular weight excluding hydrogens is 428 g/mol. The summed E-state index contributed by atoms with van der Waals surface area (Å²) in [6.45, 7) is 0. The SMILES string of the molecule is O=C(c1ccccc1)[C@H](OC(=O)C12C[C@H]3C[C@@H](CC(Br)(C3)C1)C2)c1ccccc1. The number of hydrogen-bond donors (Lipinski definition) is 0. The number of Topliss-reactive ketones (excluding diaryl/α,β-unsaturated/α-hetero) is 1. The Labute approximate surface area is 180 Å². The van der Waals surface area contributed by atoms with E-state index in [2.05, 4.69) is 15.9 Å². The van der Waals surface area contributed by atoms with Crippen LogP contribution in [0.2, 0.25) is 0 Å². The molecule has 0 N–H and O–H groups in total. The number of carbonyl (C=O) groups excluding carboxylic acids is 2. The Hall–Kier alpha value is -1.94. The number of halogens is 1. The van der Waals surface area contributed by atoms with Gasteiger partial charge in [-0.25, -0.2) is 0 Å². The van der Waals surface area contributed by atoms with Crippen LogP contribution in [-0.4, -0.2) is 16.1 Å². The van der Waals surface area contributed by atoms with Crippen LogP contribution in [-0.2, 0) is 9.53 Å². The molecule has 4 aliphatic rings. The fraction of sp³-hybridized carbons (Fsp3) is 0.440. The van der Waals surface area contributed by atoms with Gasteiger partial charge in [0.25, 0.3) is 0 Å². The van der Waals surface area contributed by atoms with Crippen LogP contribution >= 0.6 is 15.9 Å². The maximum atomic E-state index is 13.6. The summed E-state index contributed by atoms with van der Waals surface area (Å²) in [6, 6.07) is 18.5. The number of ketones is 1. The molecule has 4 bridgehead atoms. The van der Waals surface area contributed by atoms with Gasteiger partial charge in [0.05, 0.1) is 5.41 Å². The first kappa shape index (κ1) is 19.0. The Morgan fingerprint density at radius 3 is 2.07 bits per heavy atom. The van der Waals surface area contributed by atoms with Gasteiger partial charge in [0.1, 0.15) is 0 Å². The molecule has 4 aliphatic carbocycles. The predicted octanol–water partition coefficient (Wildman–Crippen LogP) is 5.89. The lowest BCUT2D eigenvalue weighted by Crippen LogP contribution is -2.56. The number of ether oxygens (including phenoxy) is 1. The zero-order valence-corrected chi connectivity index (χ0v) is 17.9. The van der Waals surface area contributed by atoms with Gasteiger partial charge < -0.3 is 4.74 Å². The Kier molecular flexibility index (Phi) is 4.65. The third-order valence-electron chi connectivity index (χ3n) is 7.05. The van der Waals surface area contributed by atoms with Crippen molar-refractivity contribution in [1.29, 1.82) is 0 Å². The van der Waals surface area contributed by atoms with Crippen LogP contribution in [0.1, 0.15) is 60.6 Å². The lowest BCUT2D eigenvalue weighted by Gasteiger charge is -2.59. The quantitative estimate of drug-likeness (QED) is 0.322. The summed E-state index contributed by atoms with van der Waals surface area (Å²) in [6.07, 6.45) is 5.27. The maximum absolute atomic E-state index is 13.6. The van der Waals surface area contributed by atoms with Gasteiger partial charge in [0, 0.05) is 15.5 Å². The summed E-state index contributed by atoms with van der Waals surface area (Å²) in [5, 5.41) is 0. The van der Waals surface area contributed by atoms with Gasteiger partial charge in [0.2, 0.25) is 5.78 Å². The van der Waals surface area contributed by atoms with Gasteiger partial charge in [0.15, 0.2) is 6.10 Å². The molecular formula is C25H25BrO3. The first-order valence-electron chi connectivity index (χ1n) is 10.5. The molecule has 0 heterocycles. The third-order valence-corrected chi connectivity index (χ3v) is 7.97. The zero-order chi connectivity index (χ0) is 20.1. The van der Waals surface area contributed by atoms with Crippen molar-refractivity contribution in [3.05, 3.63) is 71.8 Å².